The molecule has 0 amide bonds. The maximum absolute atomic E-state index is 13.6. The van der Waals surface area contributed by atoms with E-state index in [4.69, 9.17) is 0 Å². The van der Waals surface area contributed by atoms with Crippen molar-refractivity contribution in [1.82, 2.24) is 15.1 Å². The molecule has 31 heavy (non-hydrogen) atoms. The molecule has 158 valence electrons. The van der Waals surface area contributed by atoms with E-state index in [1.165, 1.54) is 0 Å². The largest absolute Gasteiger partial charge is 0.368 e. The number of fused-ring (bicyclic) bond motifs is 2. The topological polar surface area (TPSA) is 35.6 Å². The molecular weight excluding hydrogens is 382 g/mol. The summed E-state index contributed by atoms with van der Waals surface area (Å²) in [5.74, 6) is -0.0918. The zero-order valence-corrected chi connectivity index (χ0v) is 18.2. The van der Waals surface area contributed by atoms with Crippen molar-refractivity contribution in [2.75, 3.05) is 26.2 Å². The number of benzene rings is 1. The number of hydrogen-bond acceptors (Lipinski definition) is 4. The fourth-order valence-electron chi connectivity index (χ4n) is 4.70. The Morgan fingerprint density at radius 3 is 2.52 bits per heavy atom. The van der Waals surface area contributed by atoms with Gasteiger partial charge in [-0.2, -0.15) is 0 Å². The molecule has 0 saturated carbocycles. The van der Waals surface area contributed by atoms with Crippen LogP contribution in [0.5, 0.6) is 0 Å². The van der Waals surface area contributed by atoms with E-state index < -0.39 is 0 Å². The highest BCUT2D eigenvalue weighted by Gasteiger charge is 2.31. The number of nitrogens with zero attached hydrogens (tertiary/aromatic N) is 2. The van der Waals surface area contributed by atoms with Crippen LogP contribution in [0, 0.1) is 5.92 Å². The minimum Gasteiger partial charge on any atom is -0.368 e. The number of carbonyl (C=O) groups is 1. The fraction of sp³-hybridized carbons (Fsp3) is 0.296. The summed E-state index contributed by atoms with van der Waals surface area (Å²) in [6.45, 7) is 8.57. The molecule has 1 aromatic carbocycles. The minimum absolute atomic E-state index is 0.159. The number of rotatable bonds is 3. The Labute approximate surface area is 184 Å². The lowest BCUT2D eigenvalue weighted by Crippen LogP contribution is -2.48. The third-order valence-corrected chi connectivity index (χ3v) is 6.63. The molecule has 0 radical (unpaired) electrons. The van der Waals surface area contributed by atoms with Crippen LogP contribution in [0.3, 0.4) is 0 Å². The van der Waals surface area contributed by atoms with Crippen LogP contribution >= 0.6 is 0 Å². The maximum Gasteiger partial charge on any atom is 0.176 e. The predicted molar refractivity (Wildman–Crippen MR) is 126 cm³/mol. The number of allylic oxidation sites excluding steroid dienone is 9. The van der Waals surface area contributed by atoms with Crippen molar-refractivity contribution in [2.24, 2.45) is 5.92 Å². The first kappa shape index (κ1) is 19.8. The number of hydrogen-bond donors (Lipinski definition) is 1. The minimum atomic E-state index is -0.251. The normalized spacial score (nSPS) is 23.6. The molecule has 5 rings (SSSR count). The van der Waals surface area contributed by atoms with Gasteiger partial charge in [0.1, 0.15) is 0 Å². The molecule has 0 bridgehead atoms. The van der Waals surface area contributed by atoms with E-state index >= 15 is 0 Å². The van der Waals surface area contributed by atoms with Gasteiger partial charge in [-0.05, 0) is 42.7 Å². The van der Waals surface area contributed by atoms with Crippen molar-refractivity contribution in [2.45, 2.75) is 19.9 Å². The molecule has 4 aliphatic rings. The third kappa shape index (κ3) is 3.84. The molecule has 2 heterocycles. The van der Waals surface area contributed by atoms with E-state index in [0.717, 1.165) is 59.9 Å². The van der Waals surface area contributed by atoms with E-state index in [-0.39, 0.29) is 11.7 Å². The van der Waals surface area contributed by atoms with Crippen molar-refractivity contribution in [3.05, 3.63) is 101 Å². The van der Waals surface area contributed by atoms with Gasteiger partial charge in [0.05, 0.1) is 11.6 Å². The zero-order chi connectivity index (χ0) is 21.4. The molecule has 1 N–H and O–H groups in total. The zero-order valence-electron chi connectivity index (χ0n) is 18.2. The van der Waals surface area contributed by atoms with Gasteiger partial charge in [-0.15, -0.1) is 0 Å². The number of carbonyl (C=O) groups excluding carboxylic acids is 1. The number of dihydropyridines is 1. The van der Waals surface area contributed by atoms with Crippen LogP contribution in [0.25, 0.3) is 5.57 Å². The van der Waals surface area contributed by atoms with Gasteiger partial charge in [0.15, 0.2) is 5.78 Å². The van der Waals surface area contributed by atoms with Crippen LogP contribution in [0.4, 0.5) is 0 Å². The maximum atomic E-state index is 13.6. The Balaban J connectivity index is 1.40. The average molecular weight is 412 g/mol. The van der Waals surface area contributed by atoms with E-state index in [2.05, 4.69) is 71.5 Å². The highest BCUT2D eigenvalue weighted by atomic mass is 16.1. The molecular formula is C27H29N3O. The summed E-state index contributed by atoms with van der Waals surface area (Å²) in [6, 6.07) is 10.8. The van der Waals surface area contributed by atoms with Crippen LogP contribution in [0.2, 0.25) is 0 Å². The van der Waals surface area contributed by atoms with E-state index in [1.807, 2.05) is 30.5 Å². The Kier molecular flexibility index (Phi) is 5.24. The van der Waals surface area contributed by atoms with Gasteiger partial charge in [-0.25, -0.2) is 0 Å². The second-order valence-electron chi connectivity index (χ2n) is 8.80. The standard InChI is InChI=1S/C27H29N3O/c1-19(2)29-12-14-30(15-13-29)23-17-25-26(28-18-23)11-10-21-8-9-22(16-24(21)27(25)31)20-6-4-3-5-7-20/h3-11,16-19,24,28H,12-15H2,1-2H3. The summed E-state index contributed by atoms with van der Waals surface area (Å²) in [5, 5.41) is 3.39. The Morgan fingerprint density at radius 2 is 1.77 bits per heavy atom. The predicted octanol–water partition coefficient (Wildman–Crippen LogP) is 4.05. The molecule has 0 aromatic heterocycles. The lowest BCUT2D eigenvalue weighted by Gasteiger charge is -2.39. The van der Waals surface area contributed by atoms with Crippen molar-refractivity contribution < 1.29 is 4.79 Å². The monoisotopic (exact) mass is 411 g/mol. The van der Waals surface area contributed by atoms with E-state index in [1.54, 1.807) is 0 Å². The molecule has 1 aromatic rings. The first-order chi connectivity index (χ1) is 15.1. The Bertz CT molecular complexity index is 1060. The fourth-order valence-corrected chi connectivity index (χ4v) is 4.70. The van der Waals surface area contributed by atoms with Gasteiger partial charge in [-0.3, -0.25) is 9.69 Å². The summed E-state index contributed by atoms with van der Waals surface area (Å²) in [6.07, 6.45) is 14.5. The molecule has 2 aliphatic heterocycles. The summed E-state index contributed by atoms with van der Waals surface area (Å²) in [5.41, 5.74) is 6.05. The molecule has 1 fully saturated rings. The van der Waals surface area contributed by atoms with Crippen LogP contribution in [-0.4, -0.2) is 47.8 Å². The number of ketones is 1. The van der Waals surface area contributed by atoms with Crippen molar-refractivity contribution in [3.63, 3.8) is 0 Å². The molecule has 4 heteroatoms. The summed E-state index contributed by atoms with van der Waals surface area (Å²) < 4.78 is 0. The van der Waals surface area contributed by atoms with Crippen LogP contribution < -0.4 is 5.32 Å². The Morgan fingerprint density at radius 1 is 1.00 bits per heavy atom. The van der Waals surface area contributed by atoms with Gasteiger partial charge in [-0.1, -0.05) is 54.6 Å². The van der Waals surface area contributed by atoms with E-state index in [9.17, 15) is 4.79 Å². The first-order valence-corrected chi connectivity index (χ1v) is 11.2. The molecule has 2 aliphatic carbocycles. The summed E-state index contributed by atoms with van der Waals surface area (Å²) in [4.78, 5) is 18.5. The molecule has 1 saturated heterocycles. The smallest absolute Gasteiger partial charge is 0.176 e. The number of nitrogens with one attached hydrogen (secondary N) is 1. The lowest BCUT2D eigenvalue weighted by molar-refractivity contribution is -0.116. The van der Waals surface area contributed by atoms with Gasteiger partial charge in [0.2, 0.25) is 0 Å². The quantitative estimate of drug-likeness (QED) is 0.814. The van der Waals surface area contributed by atoms with Crippen LogP contribution in [0.1, 0.15) is 19.4 Å². The van der Waals surface area contributed by atoms with Crippen molar-refractivity contribution in [3.8, 4) is 0 Å². The number of Topliss-reactive ketones (excluding diaryl/α,β-unsaturated/α-hetero) is 1. The lowest BCUT2D eigenvalue weighted by atomic mass is 9.83. The molecule has 0 spiro atoms. The van der Waals surface area contributed by atoms with Gasteiger partial charge < -0.3 is 10.2 Å². The van der Waals surface area contributed by atoms with Gasteiger partial charge in [0.25, 0.3) is 0 Å². The summed E-state index contributed by atoms with van der Waals surface area (Å²) >= 11 is 0. The second kappa shape index (κ2) is 8.20. The van der Waals surface area contributed by atoms with E-state index in [0.29, 0.717) is 6.04 Å². The second-order valence-corrected chi connectivity index (χ2v) is 8.80. The average Bonchev–Trinajstić information content (AvgIpc) is 2.96. The van der Waals surface area contributed by atoms with Gasteiger partial charge >= 0.3 is 0 Å². The number of piperazine rings is 1. The SMILES string of the molecule is CC(C)N1CCN(C2=CNC3=CC=C4C=CC(c5ccccc5)=CC4C(=O)C3=C2)CC1. The molecule has 1 unspecified atom stereocenters. The first-order valence-electron chi connectivity index (χ1n) is 11.2. The van der Waals surface area contributed by atoms with Gasteiger partial charge in [0, 0.05) is 49.7 Å². The summed E-state index contributed by atoms with van der Waals surface area (Å²) in [7, 11) is 0. The van der Waals surface area contributed by atoms with Crippen molar-refractivity contribution >= 4 is 11.4 Å². The highest BCUT2D eigenvalue weighted by Crippen LogP contribution is 2.35. The van der Waals surface area contributed by atoms with Crippen molar-refractivity contribution in [1.29, 1.82) is 0 Å². The van der Waals surface area contributed by atoms with Crippen LogP contribution in [0.15, 0.2) is 95.5 Å². The van der Waals surface area contributed by atoms with Crippen LogP contribution in [-0.2, 0) is 4.79 Å². The highest BCUT2D eigenvalue weighted by molar-refractivity contribution is 6.06. The third-order valence-electron chi connectivity index (χ3n) is 6.63. The molecule has 1 atom stereocenters. The Hall–Kier alpha value is -3.11. The molecule has 4 nitrogen and oxygen atoms in total.